The standard InChI is InChI=1S/C25H28BrN5O2/c1-14(2)29-23-20(12-27)19(10-22(31-23)18-7-5-17(11-26)6-8-18)24(32)28-13-21-15(3)9-16(4)30-25(21)33/h5-10,12,14,27H,11,13H2,1-4H3,(H,28,32)(H,29,31)(H,30,33). The highest BCUT2D eigenvalue weighted by molar-refractivity contribution is 9.08. The topological polar surface area (TPSA) is 111 Å². The lowest BCUT2D eigenvalue weighted by Crippen LogP contribution is -2.29. The zero-order valence-corrected chi connectivity index (χ0v) is 20.8. The van der Waals surface area contributed by atoms with Crippen molar-refractivity contribution in [3.8, 4) is 11.3 Å². The molecule has 0 aliphatic heterocycles. The summed E-state index contributed by atoms with van der Waals surface area (Å²) in [4.78, 5) is 33.0. The van der Waals surface area contributed by atoms with Crippen molar-refractivity contribution in [1.82, 2.24) is 15.3 Å². The number of nitrogens with one attached hydrogen (secondary N) is 4. The first-order valence-corrected chi connectivity index (χ1v) is 11.8. The molecular formula is C25H28BrN5O2. The van der Waals surface area contributed by atoms with E-state index in [2.05, 4.69) is 31.5 Å². The summed E-state index contributed by atoms with van der Waals surface area (Å²) in [5.41, 5.74) is 5.21. The van der Waals surface area contributed by atoms with E-state index in [0.29, 0.717) is 28.2 Å². The van der Waals surface area contributed by atoms with Crippen LogP contribution in [0.2, 0.25) is 0 Å². The van der Waals surface area contributed by atoms with Gasteiger partial charge in [0.15, 0.2) is 0 Å². The quantitative estimate of drug-likeness (QED) is 0.260. The van der Waals surface area contributed by atoms with Crippen LogP contribution in [0.25, 0.3) is 11.3 Å². The summed E-state index contributed by atoms with van der Waals surface area (Å²) in [7, 11) is 0. The average molecular weight is 510 g/mol. The SMILES string of the molecule is Cc1cc(C)c(CNC(=O)c2cc(-c3ccc(CBr)cc3)nc(NC(C)C)c2C=N)c(=O)[nH]1. The third kappa shape index (κ3) is 5.76. The summed E-state index contributed by atoms with van der Waals surface area (Å²) < 4.78 is 0. The highest BCUT2D eigenvalue weighted by Gasteiger charge is 2.19. The van der Waals surface area contributed by atoms with Gasteiger partial charge in [-0.15, -0.1) is 0 Å². The van der Waals surface area contributed by atoms with E-state index in [9.17, 15) is 9.59 Å². The van der Waals surface area contributed by atoms with Crippen LogP contribution in [0.3, 0.4) is 0 Å². The van der Waals surface area contributed by atoms with Crippen molar-refractivity contribution >= 4 is 33.9 Å². The maximum absolute atomic E-state index is 13.2. The van der Waals surface area contributed by atoms with E-state index in [0.717, 1.165) is 33.9 Å². The molecule has 0 unspecified atom stereocenters. The van der Waals surface area contributed by atoms with Gasteiger partial charge in [-0.25, -0.2) is 4.98 Å². The molecule has 1 amide bonds. The highest BCUT2D eigenvalue weighted by atomic mass is 79.9. The molecule has 0 radical (unpaired) electrons. The van der Waals surface area contributed by atoms with Gasteiger partial charge < -0.3 is 21.0 Å². The monoisotopic (exact) mass is 509 g/mol. The number of benzene rings is 1. The Morgan fingerprint density at radius 3 is 2.48 bits per heavy atom. The number of pyridine rings is 2. The first-order valence-electron chi connectivity index (χ1n) is 10.7. The van der Waals surface area contributed by atoms with Gasteiger partial charge in [-0.3, -0.25) is 9.59 Å². The van der Waals surface area contributed by atoms with Crippen molar-refractivity contribution < 1.29 is 4.79 Å². The minimum Gasteiger partial charge on any atom is -0.367 e. The van der Waals surface area contributed by atoms with Crippen molar-refractivity contribution in [3.63, 3.8) is 0 Å². The fourth-order valence-electron chi connectivity index (χ4n) is 3.55. The van der Waals surface area contributed by atoms with Crippen LogP contribution in [0.4, 0.5) is 5.82 Å². The molecule has 0 fully saturated rings. The second kappa shape index (κ2) is 10.6. The van der Waals surface area contributed by atoms with Crippen LogP contribution < -0.4 is 16.2 Å². The van der Waals surface area contributed by atoms with Crippen molar-refractivity contribution in [1.29, 1.82) is 5.41 Å². The summed E-state index contributed by atoms with van der Waals surface area (Å²) in [6.45, 7) is 7.69. The van der Waals surface area contributed by atoms with Crippen molar-refractivity contribution in [3.05, 3.63) is 80.3 Å². The zero-order valence-electron chi connectivity index (χ0n) is 19.2. The number of hydrogen-bond donors (Lipinski definition) is 4. The fourth-order valence-corrected chi connectivity index (χ4v) is 3.92. The number of alkyl halides is 1. The Morgan fingerprint density at radius 1 is 1.21 bits per heavy atom. The molecule has 1 aromatic carbocycles. The Morgan fingerprint density at radius 2 is 1.91 bits per heavy atom. The minimum atomic E-state index is -0.375. The Bertz CT molecular complexity index is 1230. The number of amides is 1. The highest BCUT2D eigenvalue weighted by Crippen LogP contribution is 2.26. The smallest absolute Gasteiger partial charge is 0.253 e. The summed E-state index contributed by atoms with van der Waals surface area (Å²) in [6, 6.07) is 11.5. The van der Waals surface area contributed by atoms with Crippen LogP contribution in [0.5, 0.6) is 0 Å². The second-order valence-electron chi connectivity index (χ2n) is 8.22. The van der Waals surface area contributed by atoms with E-state index in [1.807, 2.05) is 58.0 Å². The lowest BCUT2D eigenvalue weighted by Gasteiger charge is -2.17. The Hall–Kier alpha value is -3.26. The van der Waals surface area contributed by atoms with Crippen LogP contribution in [-0.2, 0) is 11.9 Å². The molecule has 3 rings (SSSR count). The predicted octanol–water partition coefficient (Wildman–Crippen LogP) is 4.70. The largest absolute Gasteiger partial charge is 0.367 e. The lowest BCUT2D eigenvalue weighted by molar-refractivity contribution is 0.0950. The predicted molar refractivity (Wildman–Crippen MR) is 137 cm³/mol. The third-order valence-electron chi connectivity index (χ3n) is 5.20. The molecule has 0 atom stereocenters. The van der Waals surface area contributed by atoms with Gasteiger partial charge >= 0.3 is 0 Å². The molecule has 2 heterocycles. The molecule has 0 saturated heterocycles. The number of rotatable bonds is 8. The van der Waals surface area contributed by atoms with E-state index in [4.69, 9.17) is 10.4 Å². The number of carbonyl (C=O) groups is 1. The maximum atomic E-state index is 13.2. The van der Waals surface area contributed by atoms with E-state index in [-0.39, 0.29) is 24.1 Å². The number of aryl methyl sites for hydroxylation is 2. The van der Waals surface area contributed by atoms with Gasteiger partial charge in [0, 0.05) is 46.5 Å². The lowest BCUT2D eigenvalue weighted by atomic mass is 10.0. The van der Waals surface area contributed by atoms with Crippen LogP contribution in [0.15, 0.2) is 41.2 Å². The average Bonchev–Trinajstić information content (AvgIpc) is 2.77. The first-order chi connectivity index (χ1) is 15.7. The molecule has 172 valence electrons. The van der Waals surface area contributed by atoms with Crippen LogP contribution in [-0.4, -0.2) is 28.1 Å². The number of halogens is 1. The number of aromatic amines is 1. The summed E-state index contributed by atoms with van der Waals surface area (Å²) in [6.07, 6.45) is 1.13. The normalized spacial score (nSPS) is 10.8. The zero-order chi connectivity index (χ0) is 24.1. The van der Waals surface area contributed by atoms with E-state index in [1.165, 1.54) is 0 Å². The molecule has 0 saturated carbocycles. The second-order valence-corrected chi connectivity index (χ2v) is 8.78. The molecule has 8 heteroatoms. The van der Waals surface area contributed by atoms with Gasteiger partial charge in [-0.2, -0.15) is 0 Å². The van der Waals surface area contributed by atoms with Gasteiger partial charge in [0.05, 0.1) is 11.3 Å². The number of hydrogen-bond acceptors (Lipinski definition) is 5. The molecular weight excluding hydrogens is 482 g/mol. The number of H-pyrrole nitrogens is 1. The molecule has 0 spiro atoms. The summed E-state index contributed by atoms with van der Waals surface area (Å²) >= 11 is 3.45. The maximum Gasteiger partial charge on any atom is 0.253 e. The Kier molecular flexibility index (Phi) is 7.81. The molecule has 7 nitrogen and oxygen atoms in total. The summed E-state index contributed by atoms with van der Waals surface area (Å²) in [5, 5.41) is 14.8. The van der Waals surface area contributed by atoms with Crippen LogP contribution in [0, 0.1) is 19.3 Å². The van der Waals surface area contributed by atoms with Gasteiger partial charge in [0.25, 0.3) is 11.5 Å². The van der Waals surface area contributed by atoms with Crippen molar-refractivity contribution in [2.24, 2.45) is 0 Å². The van der Waals surface area contributed by atoms with Gasteiger partial charge in [-0.1, -0.05) is 40.2 Å². The first kappa shape index (κ1) is 24.4. The number of carbonyl (C=O) groups excluding carboxylic acids is 1. The number of aromatic nitrogens is 2. The number of nitrogens with zero attached hydrogens (tertiary/aromatic N) is 1. The van der Waals surface area contributed by atoms with Gasteiger partial charge in [0.1, 0.15) is 5.82 Å². The van der Waals surface area contributed by atoms with Crippen molar-refractivity contribution in [2.75, 3.05) is 5.32 Å². The Balaban J connectivity index is 2.01. The third-order valence-corrected chi connectivity index (χ3v) is 5.84. The van der Waals surface area contributed by atoms with Crippen LogP contribution >= 0.6 is 15.9 Å². The molecule has 33 heavy (non-hydrogen) atoms. The summed E-state index contributed by atoms with van der Waals surface area (Å²) in [5.74, 6) is 0.0944. The van der Waals surface area contributed by atoms with E-state index in [1.54, 1.807) is 6.07 Å². The molecule has 2 aromatic heterocycles. The van der Waals surface area contributed by atoms with Gasteiger partial charge in [-0.05, 0) is 51.0 Å². The molecule has 0 bridgehead atoms. The fraction of sp³-hybridized carbons (Fsp3) is 0.280. The molecule has 0 aliphatic carbocycles. The molecule has 0 aliphatic rings. The van der Waals surface area contributed by atoms with Gasteiger partial charge in [0.2, 0.25) is 0 Å². The Labute approximate surface area is 201 Å². The van der Waals surface area contributed by atoms with Crippen molar-refractivity contribution in [2.45, 2.75) is 45.6 Å². The molecule has 4 N–H and O–H groups in total. The molecule has 3 aromatic rings. The van der Waals surface area contributed by atoms with E-state index >= 15 is 0 Å². The number of anilines is 1. The minimum absolute atomic E-state index is 0.0619. The van der Waals surface area contributed by atoms with E-state index < -0.39 is 0 Å². The van der Waals surface area contributed by atoms with Crippen LogP contribution in [0.1, 0.15) is 52.2 Å².